The Balaban J connectivity index is 1.23. The molecule has 1 aliphatic carbocycles. The number of nitrogens with one attached hydrogen (secondary N) is 1. The molecule has 0 atom stereocenters. The molecule has 4 nitrogen and oxygen atoms in total. The Kier molecular flexibility index (Phi) is 6.05. The van der Waals surface area contributed by atoms with Gasteiger partial charge in [0.25, 0.3) is 0 Å². The van der Waals surface area contributed by atoms with Gasteiger partial charge < -0.3 is 4.90 Å². The first-order chi connectivity index (χ1) is 13.8. The number of hydrogen-bond donors (Lipinski definition) is 1. The Morgan fingerprint density at radius 1 is 1.00 bits per heavy atom. The van der Waals surface area contributed by atoms with Crippen molar-refractivity contribution in [3.05, 3.63) is 65.7 Å². The Labute approximate surface area is 167 Å². The summed E-state index contributed by atoms with van der Waals surface area (Å²) in [4.78, 5) is 14.6. The molecule has 4 heteroatoms. The van der Waals surface area contributed by atoms with E-state index in [-0.39, 0.29) is 5.91 Å². The maximum atomic E-state index is 12.3. The van der Waals surface area contributed by atoms with Gasteiger partial charge in [-0.25, -0.2) is 5.43 Å². The fraction of sp³-hybridized carbons (Fsp3) is 0.417. The molecule has 0 spiro atoms. The van der Waals surface area contributed by atoms with Crippen molar-refractivity contribution in [2.75, 3.05) is 18.0 Å². The average molecular weight is 376 g/mol. The van der Waals surface area contributed by atoms with Crippen molar-refractivity contribution in [3.8, 4) is 0 Å². The quantitative estimate of drug-likeness (QED) is 0.773. The second kappa shape index (κ2) is 9.05. The summed E-state index contributed by atoms with van der Waals surface area (Å²) in [6, 6.07) is 19.3. The van der Waals surface area contributed by atoms with Gasteiger partial charge in [0.15, 0.2) is 0 Å². The summed E-state index contributed by atoms with van der Waals surface area (Å²) in [5, 5.41) is 4.42. The number of hydrogen-bond acceptors (Lipinski definition) is 3. The molecule has 1 saturated carbocycles. The number of amides is 1. The third-order valence-corrected chi connectivity index (χ3v) is 5.99. The highest BCUT2D eigenvalue weighted by Gasteiger charge is 2.20. The number of benzene rings is 2. The maximum absolute atomic E-state index is 12.3. The van der Waals surface area contributed by atoms with E-state index in [4.69, 9.17) is 0 Å². The first-order valence-electron chi connectivity index (χ1n) is 10.5. The van der Waals surface area contributed by atoms with Crippen LogP contribution in [-0.4, -0.2) is 24.7 Å². The fourth-order valence-corrected chi connectivity index (χ4v) is 4.40. The van der Waals surface area contributed by atoms with Crippen molar-refractivity contribution in [3.63, 3.8) is 0 Å². The normalized spacial score (nSPS) is 19.1. The molecule has 1 heterocycles. The van der Waals surface area contributed by atoms with Gasteiger partial charge in [0.2, 0.25) is 5.91 Å². The average Bonchev–Trinajstić information content (AvgIpc) is 2.77. The summed E-state index contributed by atoms with van der Waals surface area (Å²) < 4.78 is 0. The molecule has 2 aliphatic rings. The van der Waals surface area contributed by atoms with Crippen molar-refractivity contribution < 1.29 is 4.79 Å². The number of fused-ring (bicyclic) bond motifs is 1. The van der Waals surface area contributed by atoms with E-state index in [0.29, 0.717) is 12.3 Å². The predicted octanol–water partition coefficient (Wildman–Crippen LogP) is 4.66. The molecule has 1 fully saturated rings. The third-order valence-electron chi connectivity index (χ3n) is 5.99. The van der Waals surface area contributed by atoms with Gasteiger partial charge in [-0.05, 0) is 61.6 Å². The predicted molar refractivity (Wildman–Crippen MR) is 115 cm³/mol. The second-order valence-corrected chi connectivity index (χ2v) is 7.87. The van der Waals surface area contributed by atoms with E-state index < -0.39 is 0 Å². The summed E-state index contributed by atoms with van der Waals surface area (Å²) in [5.41, 5.74) is 8.02. The summed E-state index contributed by atoms with van der Waals surface area (Å²) in [6.07, 6.45) is 6.95. The summed E-state index contributed by atoms with van der Waals surface area (Å²) >= 11 is 0. The van der Waals surface area contributed by atoms with Crippen LogP contribution in [0.2, 0.25) is 0 Å². The van der Waals surface area contributed by atoms with Gasteiger partial charge in [0.1, 0.15) is 0 Å². The highest BCUT2D eigenvalue weighted by molar-refractivity contribution is 5.87. The van der Waals surface area contributed by atoms with E-state index in [1.165, 1.54) is 16.8 Å². The van der Waals surface area contributed by atoms with Crippen LogP contribution in [0.15, 0.2) is 59.7 Å². The lowest BCUT2D eigenvalue weighted by molar-refractivity contribution is -0.120. The van der Waals surface area contributed by atoms with E-state index >= 15 is 0 Å². The molecule has 0 saturated heterocycles. The van der Waals surface area contributed by atoms with Crippen LogP contribution in [0, 0.1) is 0 Å². The smallest absolute Gasteiger partial charge is 0.241 e. The largest absolute Gasteiger partial charge is 0.371 e. The van der Waals surface area contributed by atoms with Crippen molar-refractivity contribution in [1.82, 2.24) is 5.43 Å². The monoisotopic (exact) mass is 375 g/mol. The molecular formula is C24H29N3O. The molecular weight excluding hydrogens is 346 g/mol. The van der Waals surface area contributed by atoms with Gasteiger partial charge in [0.05, 0.1) is 0 Å². The minimum Gasteiger partial charge on any atom is -0.371 e. The number of carbonyl (C=O) groups excluding carboxylic acids is 1. The highest BCUT2D eigenvalue weighted by Crippen LogP contribution is 2.31. The molecule has 28 heavy (non-hydrogen) atoms. The van der Waals surface area contributed by atoms with Gasteiger partial charge >= 0.3 is 0 Å². The molecule has 2 aromatic carbocycles. The Morgan fingerprint density at radius 3 is 2.57 bits per heavy atom. The maximum Gasteiger partial charge on any atom is 0.241 e. The number of aryl methyl sites for hydroxylation is 1. The van der Waals surface area contributed by atoms with Crippen LogP contribution in [0.25, 0.3) is 0 Å². The number of para-hydroxylation sites is 1. The Morgan fingerprint density at radius 2 is 1.75 bits per heavy atom. The summed E-state index contributed by atoms with van der Waals surface area (Å²) in [6.45, 7) is 1.78. The van der Waals surface area contributed by atoms with Gasteiger partial charge in [-0.2, -0.15) is 5.10 Å². The second-order valence-electron chi connectivity index (χ2n) is 7.87. The summed E-state index contributed by atoms with van der Waals surface area (Å²) in [5.74, 6) is 0.635. The molecule has 146 valence electrons. The fourth-order valence-electron chi connectivity index (χ4n) is 4.40. The van der Waals surface area contributed by atoms with Crippen LogP contribution in [0.4, 0.5) is 5.69 Å². The SMILES string of the molecule is O=C(CCN1CCCc2ccccc21)NN=C1CCC(c2ccccc2)CC1. The molecule has 1 N–H and O–H groups in total. The topological polar surface area (TPSA) is 44.7 Å². The zero-order valence-corrected chi connectivity index (χ0v) is 16.4. The molecule has 1 aliphatic heterocycles. The van der Waals surface area contributed by atoms with E-state index in [1.54, 1.807) is 0 Å². The van der Waals surface area contributed by atoms with E-state index in [0.717, 1.165) is 57.3 Å². The zero-order valence-electron chi connectivity index (χ0n) is 16.4. The standard InChI is InChI=1S/C24H29N3O/c28-24(16-18-27-17-6-10-21-9-4-5-11-23(21)27)26-25-22-14-12-20(13-15-22)19-7-2-1-3-8-19/h1-5,7-9,11,20H,6,10,12-18H2,(H,26,28). The third kappa shape index (κ3) is 4.61. The van der Waals surface area contributed by atoms with Crippen LogP contribution in [-0.2, 0) is 11.2 Å². The first kappa shape index (κ1) is 18.7. The van der Waals surface area contributed by atoms with Crippen molar-refractivity contribution in [2.45, 2.75) is 50.9 Å². The number of rotatable bonds is 5. The zero-order chi connectivity index (χ0) is 19.2. The van der Waals surface area contributed by atoms with E-state index in [2.05, 4.69) is 70.0 Å². The van der Waals surface area contributed by atoms with Gasteiger partial charge in [-0.3, -0.25) is 4.79 Å². The number of nitrogens with zero attached hydrogens (tertiary/aromatic N) is 2. The molecule has 0 radical (unpaired) electrons. The lowest BCUT2D eigenvalue weighted by atomic mass is 9.83. The van der Waals surface area contributed by atoms with Crippen LogP contribution in [0.3, 0.4) is 0 Å². The molecule has 2 aromatic rings. The summed E-state index contributed by atoms with van der Waals surface area (Å²) in [7, 11) is 0. The van der Waals surface area contributed by atoms with E-state index in [1.807, 2.05) is 0 Å². The van der Waals surface area contributed by atoms with Gasteiger partial charge in [-0.15, -0.1) is 0 Å². The lowest BCUT2D eigenvalue weighted by Gasteiger charge is -2.31. The van der Waals surface area contributed by atoms with Crippen molar-refractivity contribution in [1.29, 1.82) is 0 Å². The number of anilines is 1. The van der Waals surface area contributed by atoms with Crippen LogP contribution in [0.1, 0.15) is 55.6 Å². The number of hydrazone groups is 1. The van der Waals surface area contributed by atoms with Crippen LogP contribution < -0.4 is 10.3 Å². The molecule has 0 aromatic heterocycles. The van der Waals surface area contributed by atoms with E-state index in [9.17, 15) is 4.79 Å². The highest BCUT2D eigenvalue weighted by atomic mass is 16.2. The minimum absolute atomic E-state index is 0.0146. The van der Waals surface area contributed by atoms with Crippen molar-refractivity contribution >= 4 is 17.3 Å². The number of carbonyl (C=O) groups is 1. The molecule has 4 rings (SSSR count). The van der Waals surface area contributed by atoms with Crippen LogP contribution in [0.5, 0.6) is 0 Å². The van der Waals surface area contributed by atoms with Crippen molar-refractivity contribution in [2.24, 2.45) is 5.10 Å². The van der Waals surface area contributed by atoms with Crippen LogP contribution >= 0.6 is 0 Å². The first-order valence-corrected chi connectivity index (χ1v) is 10.5. The minimum atomic E-state index is 0.0146. The Bertz CT molecular complexity index is 821. The molecule has 1 amide bonds. The lowest BCUT2D eigenvalue weighted by Crippen LogP contribution is -2.33. The van der Waals surface area contributed by atoms with Gasteiger partial charge in [0, 0.05) is 30.9 Å². The Hall–Kier alpha value is -2.62. The molecule has 0 unspecified atom stereocenters. The molecule has 0 bridgehead atoms. The van der Waals surface area contributed by atoms with Gasteiger partial charge in [-0.1, -0.05) is 48.5 Å².